The average molecular weight is 267 g/mol. The van der Waals surface area contributed by atoms with Gasteiger partial charge in [-0.1, -0.05) is 12.2 Å². The van der Waals surface area contributed by atoms with Gasteiger partial charge in [0.15, 0.2) is 0 Å². The molecule has 0 aliphatic heterocycles. The quantitative estimate of drug-likeness (QED) is 0.658. The molecule has 0 aromatic carbocycles. The lowest BCUT2D eigenvalue weighted by Gasteiger charge is -2.31. The largest absolute Gasteiger partial charge is 0.417 e. The molecule has 1 aromatic heterocycles. The fourth-order valence-electron chi connectivity index (χ4n) is 2.42. The van der Waals surface area contributed by atoms with Crippen LogP contribution in [0.3, 0.4) is 0 Å². The fourth-order valence-corrected chi connectivity index (χ4v) is 2.42. The number of hydrazone groups is 1. The second-order valence-electron chi connectivity index (χ2n) is 4.78. The number of pyridine rings is 1. The van der Waals surface area contributed by atoms with Crippen LogP contribution in [0.2, 0.25) is 0 Å². The summed E-state index contributed by atoms with van der Waals surface area (Å²) in [6, 6.07) is 2.28. The number of rotatable bonds is 2. The van der Waals surface area contributed by atoms with E-state index in [1.807, 2.05) is 0 Å². The second-order valence-corrected chi connectivity index (χ2v) is 4.78. The maximum atomic E-state index is 12.3. The summed E-state index contributed by atoms with van der Waals surface area (Å²) in [5.74, 6) is 1.40. The van der Waals surface area contributed by atoms with Crippen LogP contribution in [0.15, 0.2) is 35.6 Å². The van der Waals surface area contributed by atoms with E-state index in [0.29, 0.717) is 17.7 Å². The van der Waals surface area contributed by atoms with Crippen molar-refractivity contribution in [3.8, 4) is 0 Å². The van der Waals surface area contributed by atoms with Gasteiger partial charge in [0.2, 0.25) is 0 Å². The van der Waals surface area contributed by atoms with Crippen LogP contribution in [0.4, 0.5) is 19.0 Å². The lowest BCUT2D eigenvalue weighted by molar-refractivity contribution is -0.137. The summed E-state index contributed by atoms with van der Waals surface area (Å²) in [5, 5.41) is 4.22. The van der Waals surface area contributed by atoms with E-state index in [1.54, 1.807) is 0 Å². The van der Waals surface area contributed by atoms with Crippen LogP contribution in [0, 0.1) is 11.8 Å². The summed E-state index contributed by atoms with van der Waals surface area (Å²) in [6.45, 7) is 0. The van der Waals surface area contributed by atoms with Crippen LogP contribution in [0.1, 0.15) is 18.4 Å². The van der Waals surface area contributed by atoms with E-state index in [-0.39, 0.29) is 0 Å². The molecule has 0 amide bonds. The van der Waals surface area contributed by atoms with Crippen molar-refractivity contribution < 1.29 is 13.2 Å². The Morgan fingerprint density at radius 2 is 2.16 bits per heavy atom. The summed E-state index contributed by atoms with van der Waals surface area (Å²) < 4.78 is 37.0. The number of halogens is 3. The number of hydrogen-bond donors (Lipinski definition) is 1. The predicted molar refractivity (Wildman–Crippen MR) is 65.7 cm³/mol. The van der Waals surface area contributed by atoms with E-state index in [0.717, 1.165) is 30.8 Å². The Bertz CT molecular complexity index is 531. The maximum Gasteiger partial charge on any atom is 0.417 e. The highest BCUT2D eigenvalue weighted by Gasteiger charge is 2.38. The molecule has 3 nitrogen and oxygen atoms in total. The molecule has 1 heterocycles. The first-order valence-corrected chi connectivity index (χ1v) is 6.06. The fraction of sp³-hybridized carbons (Fsp3) is 0.385. The van der Waals surface area contributed by atoms with Gasteiger partial charge in [-0.05, 0) is 30.9 Å². The zero-order chi connectivity index (χ0) is 13.5. The first-order chi connectivity index (χ1) is 9.04. The molecule has 2 aliphatic carbocycles. The summed E-state index contributed by atoms with van der Waals surface area (Å²) in [5.41, 5.74) is 3.03. The van der Waals surface area contributed by atoms with E-state index in [1.165, 1.54) is 6.07 Å². The van der Waals surface area contributed by atoms with Gasteiger partial charge in [0.05, 0.1) is 5.56 Å². The van der Waals surface area contributed by atoms with Crippen LogP contribution >= 0.6 is 0 Å². The number of nitrogens with zero attached hydrogens (tertiary/aromatic N) is 2. The smallest absolute Gasteiger partial charge is 0.261 e. The molecule has 0 spiro atoms. The van der Waals surface area contributed by atoms with Crippen molar-refractivity contribution in [1.82, 2.24) is 4.98 Å². The molecular formula is C13H12F3N3. The molecule has 2 unspecified atom stereocenters. The number of fused-ring (bicyclic) bond motifs is 1. The zero-order valence-electron chi connectivity index (χ0n) is 9.98. The van der Waals surface area contributed by atoms with E-state index in [2.05, 4.69) is 27.7 Å². The molecule has 19 heavy (non-hydrogen) atoms. The first kappa shape index (κ1) is 12.2. The number of hydrogen-bond acceptors (Lipinski definition) is 3. The number of nitrogens with one attached hydrogen (secondary N) is 1. The van der Waals surface area contributed by atoms with Crippen LogP contribution in [-0.2, 0) is 6.18 Å². The van der Waals surface area contributed by atoms with Gasteiger partial charge in [-0.15, -0.1) is 0 Å². The van der Waals surface area contributed by atoms with Crippen molar-refractivity contribution in [3.05, 3.63) is 36.0 Å². The van der Waals surface area contributed by atoms with Crippen LogP contribution in [0.25, 0.3) is 0 Å². The molecule has 0 radical (unpaired) electrons. The van der Waals surface area contributed by atoms with Crippen molar-refractivity contribution in [2.45, 2.75) is 19.0 Å². The summed E-state index contributed by atoms with van der Waals surface area (Å²) in [4.78, 5) is 3.71. The number of allylic oxidation sites excluding steroid dienone is 2. The van der Waals surface area contributed by atoms with Gasteiger partial charge in [0, 0.05) is 17.8 Å². The van der Waals surface area contributed by atoms with E-state index in [4.69, 9.17) is 0 Å². The topological polar surface area (TPSA) is 37.3 Å². The molecule has 0 saturated heterocycles. The first-order valence-electron chi connectivity index (χ1n) is 6.06. The van der Waals surface area contributed by atoms with E-state index < -0.39 is 11.7 Å². The minimum Gasteiger partial charge on any atom is -0.261 e. The highest BCUT2D eigenvalue weighted by Crippen LogP contribution is 2.40. The lowest BCUT2D eigenvalue weighted by Crippen LogP contribution is -2.33. The maximum absolute atomic E-state index is 12.3. The van der Waals surface area contributed by atoms with Gasteiger partial charge >= 0.3 is 6.18 Å². The Kier molecular flexibility index (Phi) is 2.80. The molecule has 1 aromatic rings. The number of anilines is 1. The van der Waals surface area contributed by atoms with Crippen molar-refractivity contribution in [3.63, 3.8) is 0 Å². The van der Waals surface area contributed by atoms with Gasteiger partial charge in [-0.25, -0.2) is 4.98 Å². The Morgan fingerprint density at radius 3 is 2.79 bits per heavy atom. The van der Waals surface area contributed by atoms with Crippen LogP contribution < -0.4 is 5.43 Å². The number of alkyl halides is 3. The minimum absolute atomic E-state index is 0.329. The monoisotopic (exact) mass is 267 g/mol. The number of aromatic nitrogens is 1. The summed E-state index contributed by atoms with van der Waals surface area (Å²) >= 11 is 0. The summed E-state index contributed by atoms with van der Waals surface area (Å²) in [6.07, 6.45) is 2.73. The lowest BCUT2D eigenvalue weighted by atomic mass is 9.74. The van der Waals surface area contributed by atoms with Gasteiger partial charge in [0.1, 0.15) is 5.82 Å². The third kappa shape index (κ3) is 2.34. The molecule has 2 aliphatic rings. The average Bonchev–Trinajstić information content (AvgIpc) is 2.71. The van der Waals surface area contributed by atoms with Gasteiger partial charge in [0.25, 0.3) is 0 Å². The Labute approximate surface area is 108 Å². The highest BCUT2D eigenvalue weighted by molar-refractivity contribution is 5.94. The third-order valence-electron chi connectivity index (χ3n) is 3.57. The second kappa shape index (κ2) is 4.36. The predicted octanol–water partition coefficient (Wildman–Crippen LogP) is 3.46. The normalized spacial score (nSPS) is 27.2. The van der Waals surface area contributed by atoms with Crippen LogP contribution in [-0.4, -0.2) is 10.7 Å². The molecule has 2 atom stereocenters. The molecule has 0 bridgehead atoms. The Morgan fingerprint density at radius 1 is 1.32 bits per heavy atom. The van der Waals surface area contributed by atoms with Crippen molar-refractivity contribution in [2.75, 3.05) is 5.43 Å². The molecule has 3 rings (SSSR count). The van der Waals surface area contributed by atoms with E-state index >= 15 is 0 Å². The molecular weight excluding hydrogens is 255 g/mol. The van der Waals surface area contributed by atoms with Crippen molar-refractivity contribution >= 4 is 11.5 Å². The Balaban J connectivity index is 1.63. The minimum atomic E-state index is -4.35. The molecule has 1 fully saturated rings. The molecule has 1 N–H and O–H groups in total. The van der Waals surface area contributed by atoms with E-state index in [9.17, 15) is 13.2 Å². The van der Waals surface area contributed by atoms with Crippen molar-refractivity contribution in [2.24, 2.45) is 16.9 Å². The zero-order valence-corrected chi connectivity index (χ0v) is 9.98. The van der Waals surface area contributed by atoms with Gasteiger partial charge in [-0.3, -0.25) is 5.43 Å². The SMILES string of the molecule is FC(F)(F)c1ccc(NN=C2CC3C=CCC23)nc1. The van der Waals surface area contributed by atoms with Gasteiger partial charge < -0.3 is 0 Å². The van der Waals surface area contributed by atoms with Crippen molar-refractivity contribution in [1.29, 1.82) is 0 Å². The Hall–Kier alpha value is -1.85. The third-order valence-corrected chi connectivity index (χ3v) is 3.57. The van der Waals surface area contributed by atoms with Gasteiger partial charge in [-0.2, -0.15) is 18.3 Å². The molecule has 1 saturated carbocycles. The van der Waals surface area contributed by atoms with Crippen LogP contribution in [0.5, 0.6) is 0 Å². The summed E-state index contributed by atoms with van der Waals surface area (Å²) in [7, 11) is 0. The molecule has 6 heteroatoms. The highest BCUT2D eigenvalue weighted by atomic mass is 19.4. The molecule has 100 valence electrons. The standard InChI is InChI=1S/C13H12F3N3/c14-13(15,16)9-4-5-12(17-7-9)19-18-11-6-8-2-1-3-10(8)11/h1-2,4-5,7-8,10H,3,6H2,(H,17,19).